The average molecular weight is 822 g/mol. The van der Waals surface area contributed by atoms with Crippen LogP contribution in [0, 0.1) is 11.8 Å². The minimum Gasteiger partial charge on any atom is -0.460 e. The normalized spacial score (nSPS) is 13.9. The van der Waals surface area contributed by atoms with Gasteiger partial charge in [-0.1, -0.05) is 101 Å². The number of rotatable bonds is 22. The summed E-state index contributed by atoms with van der Waals surface area (Å²) in [7, 11) is 4.41. The van der Waals surface area contributed by atoms with E-state index >= 15 is 0 Å². The van der Waals surface area contributed by atoms with Gasteiger partial charge in [-0.25, -0.2) is 4.79 Å². The molecule has 2 rings (SSSR count). The second kappa shape index (κ2) is 24.0. The highest BCUT2D eigenvalue weighted by atomic mass is 16.6. The first-order chi connectivity index (χ1) is 27.6. The SMILES string of the molecule is C=CCOC(=O)CN(C)C(=O)[C@@H](NC(=O)[C@H](CC(C)C)N(C)C(=O)[C@H](CC(C)C)NC(=O)[C@H](Cc1ccccc1)N(C)C(=O)OC(C)(C)C)[C@@H](C)OCc1ccccc1. The van der Waals surface area contributed by atoms with E-state index < -0.39 is 71.6 Å². The first kappa shape index (κ1) is 49.9. The highest BCUT2D eigenvalue weighted by molar-refractivity contribution is 5.96. The molecule has 0 saturated heterocycles. The Morgan fingerprint density at radius 1 is 0.729 bits per heavy atom. The van der Waals surface area contributed by atoms with Crippen LogP contribution in [0.3, 0.4) is 0 Å². The predicted octanol–water partition coefficient (Wildman–Crippen LogP) is 5.15. The lowest BCUT2D eigenvalue weighted by atomic mass is 9.97. The van der Waals surface area contributed by atoms with Gasteiger partial charge >= 0.3 is 12.1 Å². The van der Waals surface area contributed by atoms with E-state index in [1.165, 1.54) is 37.0 Å². The second-order valence-corrected chi connectivity index (χ2v) is 16.7. The number of esters is 1. The largest absolute Gasteiger partial charge is 0.460 e. The molecule has 0 fully saturated rings. The maximum Gasteiger partial charge on any atom is 0.410 e. The second-order valence-electron chi connectivity index (χ2n) is 16.7. The average Bonchev–Trinajstić information content (AvgIpc) is 3.17. The van der Waals surface area contributed by atoms with Crippen LogP contribution in [0.15, 0.2) is 73.3 Å². The molecule has 14 nitrogen and oxygen atoms in total. The Kier molecular flexibility index (Phi) is 20.3. The van der Waals surface area contributed by atoms with Crippen molar-refractivity contribution in [1.29, 1.82) is 0 Å². The molecule has 0 spiro atoms. The summed E-state index contributed by atoms with van der Waals surface area (Å²) in [5.41, 5.74) is 0.834. The third kappa shape index (κ3) is 17.3. The third-order valence-electron chi connectivity index (χ3n) is 9.35. The van der Waals surface area contributed by atoms with Gasteiger partial charge < -0.3 is 34.6 Å². The number of likely N-dealkylation sites (N-methyl/N-ethyl adjacent to an activating group) is 3. The van der Waals surface area contributed by atoms with Crippen molar-refractivity contribution in [3.8, 4) is 0 Å². The molecular weight excluding hydrogens is 755 g/mol. The standard InChI is InChI=1S/C45H67N5O9/c1-13-24-57-38(51)28-48(10)43(55)39(32(6)58-29-34-22-18-15-19-23-34)47-41(53)36(26-31(4)5)49(11)42(54)35(25-30(2)3)46-40(52)37(27-33-20-16-14-17-21-33)50(12)44(56)59-45(7,8)9/h13-23,30-32,35-37,39H,1,24-29H2,2-12H3,(H,46,52)(H,47,53)/t32-,35+,36+,37+,39+/m1/s1. The summed E-state index contributed by atoms with van der Waals surface area (Å²) in [5.74, 6) is -3.09. The zero-order valence-electron chi connectivity index (χ0n) is 36.9. The van der Waals surface area contributed by atoms with Crippen molar-refractivity contribution in [3.05, 3.63) is 84.4 Å². The highest BCUT2D eigenvalue weighted by Crippen LogP contribution is 2.19. The van der Waals surface area contributed by atoms with Crippen molar-refractivity contribution in [3.63, 3.8) is 0 Å². The minimum atomic E-state index is -1.25. The maximum atomic E-state index is 14.5. The van der Waals surface area contributed by atoms with Gasteiger partial charge in [0.1, 0.15) is 42.9 Å². The van der Waals surface area contributed by atoms with Crippen LogP contribution in [-0.2, 0) is 51.2 Å². The number of nitrogens with zero attached hydrogens (tertiary/aromatic N) is 3. The van der Waals surface area contributed by atoms with Crippen LogP contribution in [-0.4, -0.2) is 121 Å². The fourth-order valence-electron chi connectivity index (χ4n) is 6.19. The lowest BCUT2D eigenvalue weighted by Crippen LogP contribution is -2.61. The Balaban J connectivity index is 2.46. The van der Waals surface area contributed by atoms with E-state index in [9.17, 15) is 28.8 Å². The van der Waals surface area contributed by atoms with Crippen LogP contribution in [0.25, 0.3) is 0 Å². The Bertz CT molecular complexity index is 1680. The molecule has 5 atom stereocenters. The molecule has 326 valence electrons. The monoisotopic (exact) mass is 821 g/mol. The van der Waals surface area contributed by atoms with Crippen molar-refractivity contribution in [2.24, 2.45) is 11.8 Å². The van der Waals surface area contributed by atoms with Gasteiger partial charge in [0.05, 0.1) is 12.7 Å². The van der Waals surface area contributed by atoms with Crippen LogP contribution in [0.1, 0.15) is 79.4 Å². The van der Waals surface area contributed by atoms with Gasteiger partial charge in [-0.15, -0.1) is 0 Å². The zero-order valence-corrected chi connectivity index (χ0v) is 36.9. The quantitative estimate of drug-likeness (QED) is 0.121. The molecule has 5 amide bonds. The molecule has 2 aromatic carbocycles. The molecule has 0 aliphatic carbocycles. The number of hydrogen-bond acceptors (Lipinski definition) is 9. The summed E-state index contributed by atoms with van der Waals surface area (Å²) in [6, 6.07) is 14.1. The van der Waals surface area contributed by atoms with Gasteiger partial charge in [0.25, 0.3) is 0 Å². The number of carbonyl (C=O) groups excluding carboxylic acids is 6. The number of benzene rings is 2. The predicted molar refractivity (Wildman–Crippen MR) is 227 cm³/mol. The van der Waals surface area contributed by atoms with Crippen molar-refractivity contribution < 1.29 is 43.0 Å². The highest BCUT2D eigenvalue weighted by Gasteiger charge is 2.39. The van der Waals surface area contributed by atoms with E-state index in [1.54, 1.807) is 27.7 Å². The molecule has 0 aliphatic rings. The summed E-state index contributed by atoms with van der Waals surface area (Å²) in [5, 5.41) is 5.75. The summed E-state index contributed by atoms with van der Waals surface area (Å²) < 4.78 is 16.8. The van der Waals surface area contributed by atoms with E-state index in [-0.39, 0.29) is 50.9 Å². The molecule has 0 aromatic heterocycles. The van der Waals surface area contributed by atoms with Crippen molar-refractivity contribution in [1.82, 2.24) is 25.3 Å². The van der Waals surface area contributed by atoms with Crippen molar-refractivity contribution >= 4 is 35.7 Å². The van der Waals surface area contributed by atoms with E-state index in [2.05, 4.69) is 17.2 Å². The molecule has 2 N–H and O–H groups in total. The molecule has 0 unspecified atom stereocenters. The van der Waals surface area contributed by atoms with Gasteiger partial charge in [-0.05, 0) is 63.5 Å². The van der Waals surface area contributed by atoms with Gasteiger partial charge in [0.2, 0.25) is 23.6 Å². The summed E-state index contributed by atoms with van der Waals surface area (Å²) in [6.07, 6.45) is 0.458. The van der Waals surface area contributed by atoms with E-state index in [0.717, 1.165) is 16.0 Å². The Hall–Kier alpha value is -5.24. The van der Waals surface area contributed by atoms with Gasteiger partial charge in [-0.3, -0.25) is 28.9 Å². The van der Waals surface area contributed by atoms with Crippen LogP contribution >= 0.6 is 0 Å². The van der Waals surface area contributed by atoms with Crippen LogP contribution in [0.2, 0.25) is 0 Å². The Morgan fingerprint density at radius 3 is 1.80 bits per heavy atom. The van der Waals surface area contributed by atoms with E-state index in [4.69, 9.17) is 14.2 Å². The van der Waals surface area contributed by atoms with Gasteiger partial charge in [0.15, 0.2) is 0 Å². The molecule has 0 aliphatic heterocycles. The van der Waals surface area contributed by atoms with Crippen LogP contribution in [0.4, 0.5) is 4.79 Å². The molecule has 2 aromatic rings. The molecule has 0 heterocycles. The fraction of sp³-hybridized carbons (Fsp3) is 0.556. The summed E-state index contributed by atoms with van der Waals surface area (Å²) in [6.45, 7) is 17.8. The molecule has 59 heavy (non-hydrogen) atoms. The molecular formula is C45H67N5O9. The summed E-state index contributed by atoms with van der Waals surface area (Å²) in [4.78, 5) is 86.4. The number of amides is 5. The van der Waals surface area contributed by atoms with Gasteiger partial charge in [0, 0.05) is 27.6 Å². The van der Waals surface area contributed by atoms with Crippen molar-refractivity contribution in [2.75, 3.05) is 34.3 Å². The number of carbonyl (C=O) groups is 6. The first-order valence-electron chi connectivity index (χ1n) is 20.2. The Labute approximate surface area is 351 Å². The maximum absolute atomic E-state index is 14.5. The molecule has 0 bridgehead atoms. The smallest absolute Gasteiger partial charge is 0.410 e. The third-order valence-corrected chi connectivity index (χ3v) is 9.35. The molecule has 0 saturated carbocycles. The van der Waals surface area contributed by atoms with E-state index in [1.807, 2.05) is 88.4 Å². The van der Waals surface area contributed by atoms with Gasteiger partial charge in [-0.2, -0.15) is 0 Å². The number of ether oxygens (including phenoxy) is 3. The lowest BCUT2D eigenvalue weighted by Gasteiger charge is -2.35. The van der Waals surface area contributed by atoms with E-state index in [0.29, 0.717) is 0 Å². The Morgan fingerprint density at radius 2 is 1.27 bits per heavy atom. The first-order valence-corrected chi connectivity index (χ1v) is 20.2. The lowest BCUT2D eigenvalue weighted by molar-refractivity contribution is -0.151. The number of hydrogen-bond donors (Lipinski definition) is 2. The fourth-order valence-corrected chi connectivity index (χ4v) is 6.19. The summed E-state index contributed by atoms with van der Waals surface area (Å²) >= 11 is 0. The minimum absolute atomic E-state index is 0.0265. The molecule has 0 radical (unpaired) electrons. The van der Waals surface area contributed by atoms with Crippen LogP contribution < -0.4 is 10.6 Å². The molecule has 14 heteroatoms. The van der Waals surface area contributed by atoms with Crippen LogP contribution in [0.5, 0.6) is 0 Å². The number of nitrogens with one attached hydrogen (secondary N) is 2. The van der Waals surface area contributed by atoms with Crippen molar-refractivity contribution in [2.45, 2.75) is 117 Å². The zero-order chi connectivity index (χ0) is 44.4. The topological polar surface area (TPSA) is 164 Å².